The molecule has 36 heavy (non-hydrogen) atoms. The number of benzene rings is 4. The molecular formula is C26H21Cl2N3O4S. The lowest BCUT2D eigenvalue weighted by Crippen LogP contribution is -2.23. The summed E-state index contributed by atoms with van der Waals surface area (Å²) in [5, 5.41) is 6.95. The number of halogens is 2. The Morgan fingerprint density at radius 3 is 2.11 bits per heavy atom. The molecule has 0 aliphatic heterocycles. The third-order valence-electron chi connectivity index (χ3n) is 5.45. The Hall–Kier alpha value is -3.59. The number of nitrogens with one attached hydrogen (secondary N) is 3. The van der Waals surface area contributed by atoms with Crippen molar-refractivity contribution in [1.82, 2.24) is 10.6 Å². The highest BCUT2D eigenvalue weighted by molar-refractivity contribution is 7.92. The third kappa shape index (κ3) is 5.62. The van der Waals surface area contributed by atoms with Crippen LogP contribution < -0.4 is 15.4 Å². The van der Waals surface area contributed by atoms with E-state index in [9.17, 15) is 18.0 Å². The zero-order valence-corrected chi connectivity index (χ0v) is 21.3. The molecule has 184 valence electrons. The van der Waals surface area contributed by atoms with Crippen molar-refractivity contribution in [3.05, 3.63) is 106 Å². The highest BCUT2D eigenvalue weighted by atomic mass is 35.5. The molecule has 2 amide bonds. The number of carbonyl (C=O) groups excluding carboxylic acids is 2. The van der Waals surface area contributed by atoms with Crippen LogP contribution in [0.5, 0.6) is 0 Å². The number of hydrogen-bond acceptors (Lipinski definition) is 4. The lowest BCUT2D eigenvalue weighted by atomic mass is 10.0. The summed E-state index contributed by atoms with van der Waals surface area (Å²) in [4.78, 5) is 24.6. The van der Waals surface area contributed by atoms with Gasteiger partial charge in [0, 0.05) is 40.2 Å². The number of sulfonamides is 1. The molecule has 10 heteroatoms. The molecule has 0 atom stereocenters. The summed E-state index contributed by atoms with van der Waals surface area (Å²) < 4.78 is 28.5. The van der Waals surface area contributed by atoms with E-state index in [2.05, 4.69) is 15.4 Å². The fourth-order valence-electron chi connectivity index (χ4n) is 3.68. The maximum absolute atomic E-state index is 13.0. The maximum Gasteiger partial charge on any atom is 0.262 e. The summed E-state index contributed by atoms with van der Waals surface area (Å²) >= 11 is 11.9. The molecule has 4 aromatic rings. The molecule has 0 saturated carbocycles. The van der Waals surface area contributed by atoms with Crippen LogP contribution in [-0.2, 0) is 16.6 Å². The van der Waals surface area contributed by atoms with Gasteiger partial charge in [0.15, 0.2) is 0 Å². The third-order valence-corrected chi connectivity index (χ3v) is 7.24. The van der Waals surface area contributed by atoms with E-state index in [1.165, 1.54) is 18.2 Å². The second-order valence-electron chi connectivity index (χ2n) is 7.88. The van der Waals surface area contributed by atoms with E-state index >= 15 is 0 Å². The van der Waals surface area contributed by atoms with Gasteiger partial charge in [-0.05, 0) is 53.4 Å². The van der Waals surface area contributed by atoms with Crippen molar-refractivity contribution in [2.75, 3.05) is 11.8 Å². The van der Waals surface area contributed by atoms with Gasteiger partial charge in [0.2, 0.25) is 0 Å². The Morgan fingerprint density at radius 1 is 0.806 bits per heavy atom. The molecule has 0 fully saturated rings. The predicted molar refractivity (Wildman–Crippen MR) is 142 cm³/mol. The molecule has 0 radical (unpaired) electrons. The SMILES string of the molecule is CNC(=O)c1ccc(CNC(=O)c2cccc3c(NS(=O)(=O)c4cc(Cl)cc(Cl)c4)cccc23)cc1. The fraction of sp³-hybridized carbons (Fsp3) is 0.0769. The second kappa shape index (κ2) is 10.6. The molecule has 0 saturated heterocycles. The molecule has 3 N–H and O–H groups in total. The van der Waals surface area contributed by atoms with Crippen LogP contribution >= 0.6 is 23.2 Å². The van der Waals surface area contributed by atoms with E-state index in [1.807, 2.05) is 0 Å². The second-order valence-corrected chi connectivity index (χ2v) is 10.4. The first-order valence-corrected chi connectivity index (χ1v) is 13.0. The van der Waals surface area contributed by atoms with Crippen LogP contribution in [0.25, 0.3) is 10.8 Å². The number of anilines is 1. The first-order chi connectivity index (χ1) is 17.2. The Labute approximate surface area is 218 Å². The molecule has 7 nitrogen and oxygen atoms in total. The molecule has 0 bridgehead atoms. The lowest BCUT2D eigenvalue weighted by molar-refractivity contribution is 0.0947. The fourth-order valence-corrected chi connectivity index (χ4v) is 5.49. The zero-order valence-electron chi connectivity index (χ0n) is 19.0. The van der Waals surface area contributed by atoms with E-state index in [0.29, 0.717) is 27.6 Å². The Balaban J connectivity index is 1.57. The number of fused-ring (bicyclic) bond motifs is 1. The van der Waals surface area contributed by atoms with E-state index in [0.717, 1.165) is 5.56 Å². The molecule has 0 unspecified atom stereocenters. The van der Waals surface area contributed by atoms with E-state index in [1.54, 1.807) is 67.7 Å². The highest BCUT2D eigenvalue weighted by Crippen LogP contribution is 2.30. The first-order valence-electron chi connectivity index (χ1n) is 10.8. The average molecular weight is 542 g/mol. The molecule has 4 rings (SSSR count). The van der Waals surface area contributed by atoms with Crippen molar-refractivity contribution in [2.24, 2.45) is 0 Å². The van der Waals surface area contributed by atoms with Gasteiger partial charge in [0.25, 0.3) is 21.8 Å². The van der Waals surface area contributed by atoms with Gasteiger partial charge in [-0.3, -0.25) is 14.3 Å². The zero-order chi connectivity index (χ0) is 25.9. The molecule has 0 aliphatic rings. The molecule has 0 spiro atoms. The minimum atomic E-state index is -3.99. The van der Waals surface area contributed by atoms with Crippen LogP contribution in [0.15, 0.2) is 83.8 Å². The average Bonchev–Trinajstić information content (AvgIpc) is 2.86. The van der Waals surface area contributed by atoms with Crippen LogP contribution in [0, 0.1) is 0 Å². The Bertz CT molecular complexity index is 1550. The quantitative estimate of drug-likeness (QED) is 0.297. The van der Waals surface area contributed by atoms with Crippen molar-refractivity contribution in [2.45, 2.75) is 11.4 Å². The predicted octanol–water partition coefficient (Wildman–Crippen LogP) is 5.24. The normalized spacial score (nSPS) is 11.2. The first kappa shape index (κ1) is 25.5. The largest absolute Gasteiger partial charge is 0.355 e. The number of amides is 2. The van der Waals surface area contributed by atoms with Gasteiger partial charge in [-0.25, -0.2) is 8.42 Å². The monoisotopic (exact) mass is 541 g/mol. The minimum absolute atomic E-state index is 0.0756. The van der Waals surface area contributed by atoms with Gasteiger partial charge >= 0.3 is 0 Å². The van der Waals surface area contributed by atoms with Gasteiger partial charge in [-0.15, -0.1) is 0 Å². The van der Waals surface area contributed by atoms with Crippen LogP contribution in [-0.4, -0.2) is 27.3 Å². The number of rotatable bonds is 7. The molecular weight excluding hydrogens is 521 g/mol. The summed E-state index contributed by atoms with van der Waals surface area (Å²) in [7, 11) is -2.43. The van der Waals surface area contributed by atoms with E-state index in [4.69, 9.17) is 23.2 Å². The van der Waals surface area contributed by atoms with Crippen LogP contribution in [0.2, 0.25) is 10.0 Å². The summed E-state index contributed by atoms with van der Waals surface area (Å²) in [6, 6.07) is 21.1. The van der Waals surface area contributed by atoms with Crippen LogP contribution in [0.1, 0.15) is 26.3 Å². The van der Waals surface area contributed by atoms with Crippen molar-refractivity contribution >= 4 is 61.5 Å². The maximum atomic E-state index is 13.0. The molecule has 0 heterocycles. The number of hydrogen-bond donors (Lipinski definition) is 3. The summed E-state index contributed by atoms with van der Waals surface area (Å²) in [5.74, 6) is -0.510. The Kier molecular flexibility index (Phi) is 7.49. The number of carbonyl (C=O) groups is 2. The summed E-state index contributed by atoms with van der Waals surface area (Å²) in [6.07, 6.45) is 0. The lowest BCUT2D eigenvalue weighted by Gasteiger charge is -2.13. The van der Waals surface area contributed by atoms with E-state index in [-0.39, 0.29) is 33.3 Å². The summed E-state index contributed by atoms with van der Waals surface area (Å²) in [5.41, 5.74) is 2.05. The highest BCUT2D eigenvalue weighted by Gasteiger charge is 2.18. The van der Waals surface area contributed by atoms with Crippen molar-refractivity contribution < 1.29 is 18.0 Å². The molecule has 4 aromatic carbocycles. The van der Waals surface area contributed by atoms with Crippen LogP contribution in [0.4, 0.5) is 5.69 Å². The minimum Gasteiger partial charge on any atom is -0.355 e. The Morgan fingerprint density at radius 2 is 1.44 bits per heavy atom. The topological polar surface area (TPSA) is 104 Å². The van der Waals surface area contributed by atoms with Gasteiger partial charge in [0.1, 0.15) is 0 Å². The van der Waals surface area contributed by atoms with Gasteiger partial charge in [-0.2, -0.15) is 0 Å². The van der Waals surface area contributed by atoms with Crippen molar-refractivity contribution in [3.63, 3.8) is 0 Å². The smallest absolute Gasteiger partial charge is 0.262 e. The molecule has 0 aromatic heterocycles. The van der Waals surface area contributed by atoms with E-state index < -0.39 is 10.0 Å². The standard InChI is InChI=1S/C26H21Cl2N3O4S/c1-29-25(32)17-10-8-16(9-11-17)15-30-26(33)23-6-2-5-22-21(23)4-3-7-24(22)31-36(34,35)20-13-18(27)12-19(28)14-20/h2-14,31H,15H2,1H3,(H,29,32)(H,30,33). The molecule has 0 aliphatic carbocycles. The summed E-state index contributed by atoms with van der Waals surface area (Å²) in [6.45, 7) is 0.255. The van der Waals surface area contributed by atoms with Crippen molar-refractivity contribution in [3.8, 4) is 0 Å². The van der Waals surface area contributed by atoms with Crippen LogP contribution in [0.3, 0.4) is 0 Å². The van der Waals surface area contributed by atoms with Gasteiger partial charge < -0.3 is 10.6 Å². The van der Waals surface area contributed by atoms with Gasteiger partial charge in [0.05, 0.1) is 10.6 Å². The van der Waals surface area contributed by atoms with Crippen molar-refractivity contribution in [1.29, 1.82) is 0 Å². The van der Waals surface area contributed by atoms with Gasteiger partial charge in [-0.1, -0.05) is 59.6 Å².